The standard InChI is InChI=1S/C7H7NO4/c8-3-1-11-7-5(6(3)10)4(9)2-12-7/h2-3,9H,1,8H2. The molecule has 1 unspecified atom stereocenters. The van der Waals surface area contributed by atoms with Gasteiger partial charge in [0.2, 0.25) is 0 Å². The quantitative estimate of drug-likeness (QED) is 0.565. The molecule has 1 aliphatic heterocycles. The highest BCUT2D eigenvalue weighted by molar-refractivity contribution is 6.04. The summed E-state index contributed by atoms with van der Waals surface area (Å²) in [5.74, 6) is -0.508. The van der Waals surface area contributed by atoms with Gasteiger partial charge in [-0.15, -0.1) is 0 Å². The minimum Gasteiger partial charge on any atom is -0.504 e. The van der Waals surface area contributed by atoms with Crippen LogP contribution in [0.2, 0.25) is 0 Å². The number of ketones is 1. The van der Waals surface area contributed by atoms with Gasteiger partial charge in [0.15, 0.2) is 11.5 Å². The molecule has 0 spiro atoms. The van der Waals surface area contributed by atoms with Gasteiger partial charge in [0.05, 0.1) is 0 Å². The van der Waals surface area contributed by atoms with E-state index in [4.69, 9.17) is 20.0 Å². The minimum absolute atomic E-state index is 0.0498. The molecule has 1 aliphatic rings. The van der Waals surface area contributed by atoms with Crippen LogP contribution in [0.4, 0.5) is 0 Å². The SMILES string of the molecule is NC1COc2occ(O)c2C1=O. The highest BCUT2D eigenvalue weighted by Gasteiger charge is 2.31. The van der Waals surface area contributed by atoms with Gasteiger partial charge in [-0.2, -0.15) is 0 Å². The van der Waals surface area contributed by atoms with E-state index < -0.39 is 6.04 Å². The summed E-state index contributed by atoms with van der Waals surface area (Å²) in [7, 11) is 0. The van der Waals surface area contributed by atoms with Crippen molar-refractivity contribution >= 4 is 5.78 Å². The smallest absolute Gasteiger partial charge is 0.299 e. The van der Waals surface area contributed by atoms with Gasteiger partial charge in [-0.25, -0.2) is 0 Å². The highest BCUT2D eigenvalue weighted by Crippen LogP contribution is 2.33. The minimum atomic E-state index is -0.707. The van der Waals surface area contributed by atoms with Crippen LogP contribution in [0.3, 0.4) is 0 Å². The third-order valence-electron chi connectivity index (χ3n) is 1.72. The molecular formula is C7H7NO4. The van der Waals surface area contributed by atoms with Crippen molar-refractivity contribution < 1.29 is 19.1 Å². The lowest BCUT2D eigenvalue weighted by Crippen LogP contribution is -2.39. The molecule has 12 heavy (non-hydrogen) atoms. The summed E-state index contributed by atoms with van der Waals surface area (Å²) >= 11 is 0. The Morgan fingerprint density at radius 2 is 2.42 bits per heavy atom. The Hall–Kier alpha value is -1.49. The van der Waals surface area contributed by atoms with E-state index in [1.54, 1.807) is 0 Å². The summed E-state index contributed by atoms with van der Waals surface area (Å²) in [6, 6.07) is -0.707. The number of Topliss-reactive ketones (excluding diaryl/α,β-unsaturated/α-hetero) is 1. The van der Waals surface area contributed by atoms with E-state index in [0.717, 1.165) is 6.26 Å². The van der Waals surface area contributed by atoms with Crippen LogP contribution < -0.4 is 10.5 Å². The van der Waals surface area contributed by atoms with Crippen molar-refractivity contribution in [2.75, 3.05) is 6.61 Å². The zero-order chi connectivity index (χ0) is 8.72. The van der Waals surface area contributed by atoms with E-state index in [0.29, 0.717) is 0 Å². The topological polar surface area (TPSA) is 85.7 Å². The first-order valence-electron chi connectivity index (χ1n) is 3.43. The fourth-order valence-corrected chi connectivity index (χ4v) is 1.09. The fraction of sp³-hybridized carbons (Fsp3) is 0.286. The Morgan fingerprint density at radius 3 is 3.17 bits per heavy atom. The maximum atomic E-state index is 11.3. The number of carbonyl (C=O) groups is 1. The zero-order valence-electron chi connectivity index (χ0n) is 6.11. The lowest BCUT2D eigenvalue weighted by atomic mass is 10.1. The summed E-state index contributed by atoms with van der Waals surface area (Å²) < 4.78 is 9.71. The first-order chi connectivity index (χ1) is 5.70. The molecule has 3 N–H and O–H groups in total. The van der Waals surface area contributed by atoms with E-state index in [2.05, 4.69) is 0 Å². The van der Waals surface area contributed by atoms with Gasteiger partial charge in [-0.3, -0.25) is 4.79 Å². The fourth-order valence-electron chi connectivity index (χ4n) is 1.09. The number of rotatable bonds is 0. The van der Waals surface area contributed by atoms with E-state index in [9.17, 15) is 4.79 Å². The number of ether oxygens (including phenoxy) is 1. The second-order valence-corrected chi connectivity index (χ2v) is 2.57. The van der Waals surface area contributed by atoms with Crippen molar-refractivity contribution in [1.29, 1.82) is 0 Å². The van der Waals surface area contributed by atoms with Crippen molar-refractivity contribution in [3.63, 3.8) is 0 Å². The molecule has 1 aromatic rings. The van der Waals surface area contributed by atoms with Crippen LogP contribution in [-0.4, -0.2) is 23.5 Å². The lowest BCUT2D eigenvalue weighted by molar-refractivity contribution is 0.0873. The first kappa shape index (κ1) is 7.17. The summed E-state index contributed by atoms with van der Waals surface area (Å²) in [4.78, 5) is 11.3. The van der Waals surface area contributed by atoms with Crippen LogP contribution in [0.5, 0.6) is 11.7 Å². The molecule has 0 saturated heterocycles. The maximum absolute atomic E-state index is 11.3. The predicted molar refractivity (Wildman–Crippen MR) is 38.2 cm³/mol. The molecule has 64 valence electrons. The monoisotopic (exact) mass is 169 g/mol. The summed E-state index contributed by atoms with van der Waals surface area (Å²) in [6.45, 7) is 0.0960. The van der Waals surface area contributed by atoms with Crippen molar-refractivity contribution in [1.82, 2.24) is 0 Å². The lowest BCUT2D eigenvalue weighted by Gasteiger charge is -2.16. The molecule has 2 rings (SSSR count). The van der Waals surface area contributed by atoms with E-state index in [1.807, 2.05) is 0 Å². The van der Waals surface area contributed by atoms with Crippen molar-refractivity contribution in [3.05, 3.63) is 11.8 Å². The Morgan fingerprint density at radius 1 is 1.67 bits per heavy atom. The van der Waals surface area contributed by atoms with Crippen LogP contribution in [-0.2, 0) is 0 Å². The molecule has 1 aromatic heterocycles. The van der Waals surface area contributed by atoms with Gasteiger partial charge in [-0.05, 0) is 0 Å². The summed E-state index contributed by atoms with van der Waals surface area (Å²) in [5, 5.41) is 9.13. The van der Waals surface area contributed by atoms with Crippen molar-refractivity contribution in [3.8, 4) is 11.7 Å². The summed E-state index contributed by atoms with van der Waals surface area (Å²) in [5.41, 5.74) is 5.44. The average Bonchev–Trinajstić information content (AvgIpc) is 2.41. The maximum Gasteiger partial charge on any atom is 0.299 e. The third kappa shape index (κ3) is 0.799. The predicted octanol–water partition coefficient (Wildman–Crippen LogP) is -0.112. The second kappa shape index (κ2) is 2.25. The molecule has 5 heteroatoms. The largest absolute Gasteiger partial charge is 0.504 e. The molecule has 0 radical (unpaired) electrons. The van der Waals surface area contributed by atoms with Crippen molar-refractivity contribution in [2.24, 2.45) is 5.73 Å². The average molecular weight is 169 g/mol. The molecule has 0 aliphatic carbocycles. The Kier molecular flexibility index (Phi) is 1.34. The van der Waals surface area contributed by atoms with E-state index in [-0.39, 0.29) is 29.6 Å². The number of furan rings is 1. The number of fused-ring (bicyclic) bond motifs is 1. The van der Waals surface area contributed by atoms with Gasteiger partial charge < -0.3 is 20.0 Å². The summed E-state index contributed by atoms with van der Waals surface area (Å²) in [6.07, 6.45) is 1.06. The number of carbonyl (C=O) groups excluding carboxylic acids is 1. The first-order valence-corrected chi connectivity index (χ1v) is 3.43. The highest BCUT2D eigenvalue weighted by atomic mass is 16.6. The molecule has 0 bridgehead atoms. The van der Waals surface area contributed by atoms with E-state index in [1.165, 1.54) is 0 Å². The third-order valence-corrected chi connectivity index (χ3v) is 1.72. The number of hydrogen-bond acceptors (Lipinski definition) is 5. The van der Waals surface area contributed by atoms with Gasteiger partial charge in [0.1, 0.15) is 24.5 Å². The Labute approximate surface area is 67.7 Å². The normalized spacial score (nSPS) is 21.8. The molecule has 0 amide bonds. The van der Waals surface area contributed by atoms with Crippen LogP contribution in [0.25, 0.3) is 0 Å². The molecule has 1 atom stereocenters. The van der Waals surface area contributed by atoms with Crippen LogP contribution >= 0.6 is 0 Å². The van der Waals surface area contributed by atoms with Crippen LogP contribution in [0.15, 0.2) is 10.7 Å². The van der Waals surface area contributed by atoms with Gasteiger partial charge >= 0.3 is 0 Å². The molecule has 0 saturated carbocycles. The van der Waals surface area contributed by atoms with Gasteiger partial charge in [0, 0.05) is 0 Å². The Bertz CT molecular complexity index is 330. The molecule has 0 fully saturated rings. The van der Waals surface area contributed by atoms with Gasteiger partial charge in [0.25, 0.3) is 5.95 Å². The Balaban J connectivity index is 2.53. The number of hydrogen-bond donors (Lipinski definition) is 2. The van der Waals surface area contributed by atoms with Crippen molar-refractivity contribution in [2.45, 2.75) is 6.04 Å². The second-order valence-electron chi connectivity index (χ2n) is 2.57. The molecule has 5 nitrogen and oxygen atoms in total. The molecular weight excluding hydrogens is 162 g/mol. The van der Waals surface area contributed by atoms with Gasteiger partial charge in [-0.1, -0.05) is 0 Å². The number of nitrogens with two attached hydrogens (primary N) is 1. The van der Waals surface area contributed by atoms with Crippen LogP contribution in [0.1, 0.15) is 10.4 Å². The molecule has 2 heterocycles. The molecule has 0 aromatic carbocycles. The van der Waals surface area contributed by atoms with E-state index >= 15 is 0 Å². The number of aromatic hydroxyl groups is 1. The zero-order valence-corrected chi connectivity index (χ0v) is 6.11. The van der Waals surface area contributed by atoms with Crippen LogP contribution in [0, 0.1) is 0 Å².